The molecule has 1 aromatic heterocycles. The molecule has 2 heterocycles. The Labute approximate surface area is 155 Å². The lowest BCUT2D eigenvalue weighted by Gasteiger charge is -2.37. The van der Waals surface area contributed by atoms with Crippen molar-refractivity contribution < 1.29 is 13.2 Å². The predicted molar refractivity (Wildman–Crippen MR) is 102 cm³/mol. The Kier molecular flexibility index (Phi) is 3.64. The normalized spacial score (nSPS) is 17.5. The van der Waals surface area contributed by atoms with Gasteiger partial charge in [0, 0.05) is 27.6 Å². The van der Waals surface area contributed by atoms with E-state index in [1.165, 1.54) is 19.9 Å². The highest BCUT2D eigenvalue weighted by Crippen LogP contribution is 2.46. The van der Waals surface area contributed by atoms with E-state index in [1.807, 2.05) is 13.0 Å². The van der Waals surface area contributed by atoms with Crippen molar-refractivity contribution in [1.82, 2.24) is 0 Å². The molecule has 1 aliphatic rings. The van der Waals surface area contributed by atoms with Gasteiger partial charge in [0.15, 0.2) is 0 Å². The highest BCUT2D eigenvalue weighted by molar-refractivity contribution is 6.16. The van der Waals surface area contributed by atoms with Crippen LogP contribution < -0.4 is 5.63 Å². The van der Waals surface area contributed by atoms with Crippen LogP contribution in [0.15, 0.2) is 56.7 Å². The van der Waals surface area contributed by atoms with Gasteiger partial charge in [0.1, 0.15) is 11.1 Å². The molecule has 0 aliphatic carbocycles. The number of aryl methyl sites for hydroxylation is 1. The molecule has 4 rings (SSSR count). The predicted octanol–water partition coefficient (Wildman–Crippen LogP) is 5.13. The van der Waals surface area contributed by atoms with Gasteiger partial charge in [-0.2, -0.15) is 8.78 Å². The summed E-state index contributed by atoms with van der Waals surface area (Å²) in [5.74, 6) is -3.07. The van der Waals surface area contributed by atoms with E-state index in [-0.39, 0.29) is 11.2 Å². The van der Waals surface area contributed by atoms with Crippen molar-refractivity contribution in [3.05, 3.63) is 80.7 Å². The van der Waals surface area contributed by atoms with Crippen molar-refractivity contribution in [1.29, 1.82) is 0 Å². The SMILES string of the molecule is Cc1c(C)c2cc(C3=NC(C)(C)C(F)(F)c4ccccc43)ccc2oc1=O. The second kappa shape index (κ2) is 5.59. The fourth-order valence-corrected chi connectivity index (χ4v) is 3.51. The van der Waals surface area contributed by atoms with Crippen molar-refractivity contribution in [2.75, 3.05) is 0 Å². The number of fused-ring (bicyclic) bond motifs is 2. The topological polar surface area (TPSA) is 42.6 Å². The molecule has 0 amide bonds. The maximum atomic E-state index is 14.9. The molecule has 0 radical (unpaired) electrons. The number of aliphatic imine (C=N–C) groups is 1. The van der Waals surface area contributed by atoms with Gasteiger partial charge in [0.25, 0.3) is 5.92 Å². The van der Waals surface area contributed by atoms with Crippen LogP contribution >= 0.6 is 0 Å². The van der Waals surface area contributed by atoms with Gasteiger partial charge in [0.2, 0.25) is 0 Å². The summed E-state index contributed by atoms with van der Waals surface area (Å²) in [4.78, 5) is 16.3. The number of rotatable bonds is 1. The molecule has 0 bridgehead atoms. The second-order valence-electron chi connectivity index (χ2n) is 7.49. The van der Waals surface area contributed by atoms with Crippen LogP contribution in [0, 0.1) is 13.8 Å². The van der Waals surface area contributed by atoms with Gasteiger partial charge in [-0.3, -0.25) is 4.99 Å². The molecule has 0 N–H and O–H groups in total. The first kappa shape index (κ1) is 17.6. The monoisotopic (exact) mass is 367 g/mol. The molecular weight excluding hydrogens is 348 g/mol. The molecule has 0 fully saturated rings. The molecule has 138 valence electrons. The Hall–Kier alpha value is -2.82. The number of hydrogen-bond donors (Lipinski definition) is 0. The van der Waals surface area contributed by atoms with E-state index >= 15 is 0 Å². The highest BCUT2D eigenvalue weighted by atomic mass is 19.3. The van der Waals surface area contributed by atoms with Crippen LogP contribution in [0.5, 0.6) is 0 Å². The van der Waals surface area contributed by atoms with Gasteiger partial charge < -0.3 is 4.42 Å². The molecule has 3 aromatic rings. The van der Waals surface area contributed by atoms with Crippen LogP contribution in [0.2, 0.25) is 0 Å². The third kappa shape index (κ3) is 2.45. The lowest BCUT2D eigenvalue weighted by molar-refractivity contribution is -0.0681. The van der Waals surface area contributed by atoms with Gasteiger partial charge in [0.05, 0.1) is 5.71 Å². The summed E-state index contributed by atoms with van der Waals surface area (Å²) >= 11 is 0. The summed E-state index contributed by atoms with van der Waals surface area (Å²) in [5.41, 5.74) is 1.53. The summed E-state index contributed by atoms with van der Waals surface area (Å²) in [7, 11) is 0. The zero-order chi connectivity index (χ0) is 19.6. The van der Waals surface area contributed by atoms with Gasteiger partial charge in [-0.05, 0) is 51.5 Å². The van der Waals surface area contributed by atoms with Crippen LogP contribution in [0.25, 0.3) is 11.0 Å². The Morgan fingerprint density at radius 2 is 1.70 bits per heavy atom. The van der Waals surface area contributed by atoms with Crippen LogP contribution in [0.4, 0.5) is 8.78 Å². The van der Waals surface area contributed by atoms with Crippen LogP contribution in [-0.4, -0.2) is 11.3 Å². The summed E-state index contributed by atoms with van der Waals surface area (Å²) in [6.45, 7) is 6.45. The third-order valence-corrected chi connectivity index (χ3v) is 5.41. The van der Waals surface area contributed by atoms with Crippen molar-refractivity contribution >= 4 is 16.7 Å². The first-order valence-electron chi connectivity index (χ1n) is 8.75. The quantitative estimate of drug-likeness (QED) is 0.560. The largest absolute Gasteiger partial charge is 0.423 e. The van der Waals surface area contributed by atoms with E-state index in [9.17, 15) is 13.6 Å². The van der Waals surface area contributed by atoms with Gasteiger partial charge in [-0.1, -0.05) is 24.3 Å². The van der Waals surface area contributed by atoms with Crippen molar-refractivity contribution in [3.63, 3.8) is 0 Å². The number of halogens is 2. The van der Waals surface area contributed by atoms with Crippen LogP contribution in [-0.2, 0) is 5.92 Å². The van der Waals surface area contributed by atoms with E-state index < -0.39 is 11.5 Å². The van der Waals surface area contributed by atoms with E-state index in [4.69, 9.17) is 4.42 Å². The zero-order valence-corrected chi connectivity index (χ0v) is 15.6. The molecule has 0 atom stereocenters. The second-order valence-corrected chi connectivity index (χ2v) is 7.49. The lowest BCUT2D eigenvalue weighted by Crippen LogP contribution is -2.44. The van der Waals surface area contributed by atoms with Crippen molar-refractivity contribution in [3.8, 4) is 0 Å². The first-order valence-corrected chi connectivity index (χ1v) is 8.75. The molecular formula is C22H19F2NO2. The molecule has 0 saturated heterocycles. The molecule has 3 nitrogen and oxygen atoms in total. The van der Waals surface area contributed by atoms with Crippen LogP contribution in [0.3, 0.4) is 0 Å². The Bertz CT molecular complexity index is 1170. The minimum absolute atomic E-state index is 0.0207. The number of hydrogen-bond acceptors (Lipinski definition) is 3. The summed E-state index contributed by atoms with van der Waals surface area (Å²) in [5, 5.41) is 0.778. The molecule has 0 spiro atoms. The first-order chi connectivity index (χ1) is 12.6. The van der Waals surface area contributed by atoms with E-state index in [2.05, 4.69) is 4.99 Å². The Morgan fingerprint density at radius 3 is 2.44 bits per heavy atom. The van der Waals surface area contributed by atoms with E-state index in [0.717, 1.165) is 16.5 Å². The molecule has 0 unspecified atom stereocenters. The number of benzene rings is 2. The molecule has 5 heteroatoms. The van der Waals surface area contributed by atoms with Gasteiger partial charge >= 0.3 is 5.63 Å². The van der Waals surface area contributed by atoms with Crippen molar-refractivity contribution in [2.24, 2.45) is 4.99 Å². The van der Waals surface area contributed by atoms with Crippen molar-refractivity contribution in [2.45, 2.75) is 39.2 Å². The standard InChI is InChI=1S/C22H19F2NO2/c1-12-13(2)20(26)27-18-10-9-14(11-16(12)18)19-15-7-5-6-8-17(15)22(23,24)21(3,4)25-19/h5-11H,1-4H3. The number of alkyl halides is 2. The maximum Gasteiger partial charge on any atom is 0.339 e. The molecule has 27 heavy (non-hydrogen) atoms. The Morgan fingerprint density at radius 1 is 1.00 bits per heavy atom. The average molecular weight is 367 g/mol. The maximum absolute atomic E-state index is 14.9. The molecule has 0 saturated carbocycles. The third-order valence-electron chi connectivity index (χ3n) is 5.41. The lowest BCUT2D eigenvalue weighted by atomic mass is 9.81. The smallest absolute Gasteiger partial charge is 0.339 e. The Balaban J connectivity index is 2.01. The fraction of sp³-hybridized carbons (Fsp3) is 0.273. The van der Waals surface area contributed by atoms with E-state index in [0.29, 0.717) is 22.4 Å². The van der Waals surface area contributed by atoms with E-state index in [1.54, 1.807) is 37.3 Å². The van der Waals surface area contributed by atoms with Gasteiger partial charge in [-0.15, -0.1) is 0 Å². The van der Waals surface area contributed by atoms with Crippen LogP contribution in [0.1, 0.15) is 41.7 Å². The average Bonchev–Trinajstić information content (AvgIpc) is 2.63. The minimum Gasteiger partial charge on any atom is -0.423 e. The fourth-order valence-electron chi connectivity index (χ4n) is 3.51. The summed E-state index contributed by atoms with van der Waals surface area (Å²) in [6.07, 6.45) is 0. The summed E-state index contributed by atoms with van der Waals surface area (Å²) < 4.78 is 35.2. The zero-order valence-electron chi connectivity index (χ0n) is 15.6. The van der Waals surface area contributed by atoms with Gasteiger partial charge in [-0.25, -0.2) is 4.79 Å². The molecule has 2 aromatic carbocycles. The minimum atomic E-state index is -3.07. The summed E-state index contributed by atoms with van der Waals surface area (Å²) in [6, 6.07) is 11.8. The highest BCUT2D eigenvalue weighted by Gasteiger charge is 2.52. The number of nitrogens with zero attached hydrogens (tertiary/aromatic N) is 1. The molecule has 1 aliphatic heterocycles.